The van der Waals surface area contributed by atoms with Crippen LogP contribution in [0.1, 0.15) is 45.1 Å². The van der Waals surface area contributed by atoms with Gasteiger partial charge in [0.2, 0.25) is 11.8 Å². The summed E-state index contributed by atoms with van der Waals surface area (Å²) in [6, 6.07) is 7.97. The van der Waals surface area contributed by atoms with E-state index in [0.717, 1.165) is 37.2 Å². The summed E-state index contributed by atoms with van der Waals surface area (Å²) in [5.41, 5.74) is 2.02. The van der Waals surface area contributed by atoms with E-state index in [9.17, 15) is 9.59 Å². The van der Waals surface area contributed by atoms with Gasteiger partial charge in [0.1, 0.15) is 0 Å². The Kier molecular flexibility index (Phi) is 8.61. The lowest BCUT2D eigenvalue weighted by Crippen LogP contribution is -2.39. The van der Waals surface area contributed by atoms with E-state index in [1.54, 1.807) is 0 Å². The minimum Gasteiger partial charge on any atom is -0.357 e. The number of nitrogens with zero attached hydrogens (tertiary/aromatic N) is 2. The second-order valence-corrected chi connectivity index (χ2v) is 6.54. The van der Waals surface area contributed by atoms with Crippen molar-refractivity contribution in [1.82, 2.24) is 16.0 Å². The molecular formula is C20H31N5O2. The van der Waals surface area contributed by atoms with E-state index in [-0.39, 0.29) is 11.8 Å². The number of aliphatic imine (C=N–C) groups is 1. The van der Waals surface area contributed by atoms with Gasteiger partial charge in [-0.05, 0) is 37.5 Å². The normalized spacial score (nSPS) is 14.4. The number of hydrogen-bond acceptors (Lipinski definition) is 3. The first kappa shape index (κ1) is 20.7. The predicted molar refractivity (Wildman–Crippen MR) is 109 cm³/mol. The van der Waals surface area contributed by atoms with E-state index in [4.69, 9.17) is 0 Å². The van der Waals surface area contributed by atoms with Crippen LogP contribution in [0.2, 0.25) is 0 Å². The Hall–Kier alpha value is -2.57. The topological polar surface area (TPSA) is 85.8 Å². The first-order valence-corrected chi connectivity index (χ1v) is 9.82. The minimum atomic E-state index is 0.0484. The third-order valence-electron chi connectivity index (χ3n) is 4.30. The average Bonchev–Trinajstić information content (AvgIpc) is 3.10. The molecule has 0 saturated carbocycles. The Morgan fingerprint density at radius 3 is 2.52 bits per heavy atom. The van der Waals surface area contributed by atoms with Crippen LogP contribution in [0.3, 0.4) is 0 Å². The number of carbonyl (C=O) groups is 2. The number of amides is 2. The van der Waals surface area contributed by atoms with Crippen molar-refractivity contribution in [3.05, 3.63) is 29.8 Å². The van der Waals surface area contributed by atoms with Crippen LogP contribution in [0.4, 0.5) is 5.69 Å². The minimum absolute atomic E-state index is 0.0484. The summed E-state index contributed by atoms with van der Waals surface area (Å²) in [7, 11) is 0. The molecular weight excluding hydrogens is 342 g/mol. The Labute approximate surface area is 161 Å². The van der Waals surface area contributed by atoms with Crippen LogP contribution in [-0.2, 0) is 16.1 Å². The number of nitrogens with one attached hydrogen (secondary N) is 3. The van der Waals surface area contributed by atoms with Gasteiger partial charge in [0, 0.05) is 44.7 Å². The first-order valence-electron chi connectivity index (χ1n) is 9.82. The maximum atomic E-state index is 11.8. The molecule has 0 aliphatic carbocycles. The van der Waals surface area contributed by atoms with Crippen molar-refractivity contribution in [2.75, 3.05) is 31.1 Å². The molecule has 0 radical (unpaired) electrons. The van der Waals surface area contributed by atoms with Gasteiger partial charge in [-0.2, -0.15) is 0 Å². The zero-order valence-corrected chi connectivity index (χ0v) is 16.4. The highest BCUT2D eigenvalue weighted by Crippen LogP contribution is 2.21. The van der Waals surface area contributed by atoms with Crippen LogP contribution in [0.15, 0.2) is 29.3 Å². The molecule has 0 unspecified atom stereocenters. The van der Waals surface area contributed by atoms with E-state index in [1.807, 2.05) is 43.0 Å². The molecule has 0 aromatic heterocycles. The van der Waals surface area contributed by atoms with E-state index >= 15 is 0 Å². The van der Waals surface area contributed by atoms with Crippen LogP contribution in [-0.4, -0.2) is 44.0 Å². The zero-order chi connectivity index (χ0) is 19.5. The number of guanidine groups is 1. The molecule has 148 valence electrons. The first-order chi connectivity index (χ1) is 13.1. The molecule has 0 spiro atoms. The highest BCUT2D eigenvalue weighted by molar-refractivity contribution is 5.95. The van der Waals surface area contributed by atoms with Crippen LogP contribution in [0, 0.1) is 0 Å². The van der Waals surface area contributed by atoms with Gasteiger partial charge in [-0.1, -0.05) is 19.1 Å². The van der Waals surface area contributed by atoms with E-state index in [1.165, 1.54) is 0 Å². The number of carbonyl (C=O) groups excluding carboxylic acids is 2. The van der Waals surface area contributed by atoms with Gasteiger partial charge in [-0.15, -0.1) is 0 Å². The largest absolute Gasteiger partial charge is 0.357 e. The van der Waals surface area contributed by atoms with Gasteiger partial charge in [0.05, 0.1) is 6.54 Å². The summed E-state index contributed by atoms with van der Waals surface area (Å²) < 4.78 is 0. The summed E-state index contributed by atoms with van der Waals surface area (Å²) in [4.78, 5) is 29.9. The lowest BCUT2D eigenvalue weighted by Gasteiger charge is -2.16. The van der Waals surface area contributed by atoms with Gasteiger partial charge in [0.15, 0.2) is 5.96 Å². The highest BCUT2D eigenvalue weighted by Gasteiger charge is 2.21. The second-order valence-electron chi connectivity index (χ2n) is 6.54. The van der Waals surface area contributed by atoms with Crippen molar-refractivity contribution in [2.24, 2.45) is 4.99 Å². The predicted octanol–water partition coefficient (Wildman–Crippen LogP) is 1.78. The Morgan fingerprint density at radius 2 is 1.89 bits per heavy atom. The van der Waals surface area contributed by atoms with Gasteiger partial charge >= 0.3 is 0 Å². The lowest BCUT2D eigenvalue weighted by molar-refractivity contribution is -0.121. The van der Waals surface area contributed by atoms with Crippen molar-refractivity contribution in [3.63, 3.8) is 0 Å². The maximum absolute atomic E-state index is 11.8. The standard InChI is InChI=1S/C20H31N5O2/c1-3-12-22-18(26)11-13-23-20(21-4-2)24-15-16-7-9-17(10-8-16)25-14-5-6-19(25)27/h7-10H,3-6,11-15H2,1-2H3,(H,22,26)(H2,21,23,24). The summed E-state index contributed by atoms with van der Waals surface area (Å²) >= 11 is 0. The number of benzene rings is 1. The molecule has 7 heteroatoms. The molecule has 1 aliphatic rings. The quantitative estimate of drug-likeness (QED) is 0.455. The van der Waals surface area contributed by atoms with E-state index in [2.05, 4.69) is 20.9 Å². The molecule has 2 amide bonds. The van der Waals surface area contributed by atoms with Crippen molar-refractivity contribution >= 4 is 23.5 Å². The Balaban J connectivity index is 1.84. The fourth-order valence-corrected chi connectivity index (χ4v) is 2.86. The summed E-state index contributed by atoms with van der Waals surface area (Å²) in [5, 5.41) is 9.23. The van der Waals surface area contributed by atoms with Crippen molar-refractivity contribution in [3.8, 4) is 0 Å². The SMILES string of the molecule is CCCNC(=O)CCNC(=NCc1ccc(N2CCCC2=O)cc1)NCC. The average molecular weight is 374 g/mol. The van der Waals surface area contributed by atoms with Crippen molar-refractivity contribution < 1.29 is 9.59 Å². The number of anilines is 1. The molecule has 3 N–H and O–H groups in total. The third kappa shape index (κ3) is 6.92. The fraction of sp³-hybridized carbons (Fsp3) is 0.550. The van der Waals surface area contributed by atoms with Crippen molar-refractivity contribution in [2.45, 2.75) is 46.1 Å². The second kappa shape index (κ2) is 11.2. The smallest absolute Gasteiger partial charge is 0.227 e. The third-order valence-corrected chi connectivity index (χ3v) is 4.30. The van der Waals surface area contributed by atoms with Gasteiger partial charge in [-0.25, -0.2) is 4.99 Å². The van der Waals surface area contributed by atoms with Crippen LogP contribution >= 0.6 is 0 Å². The summed E-state index contributed by atoms with van der Waals surface area (Å²) in [5.74, 6) is 0.939. The molecule has 1 heterocycles. The molecule has 1 aromatic rings. The molecule has 1 aliphatic heterocycles. The molecule has 0 bridgehead atoms. The lowest BCUT2D eigenvalue weighted by atomic mass is 10.2. The molecule has 27 heavy (non-hydrogen) atoms. The van der Waals surface area contributed by atoms with Crippen LogP contribution in [0.25, 0.3) is 0 Å². The maximum Gasteiger partial charge on any atom is 0.227 e. The molecule has 1 fully saturated rings. The zero-order valence-electron chi connectivity index (χ0n) is 16.4. The molecule has 1 saturated heterocycles. The van der Waals surface area contributed by atoms with Gasteiger partial charge < -0.3 is 20.9 Å². The van der Waals surface area contributed by atoms with Crippen molar-refractivity contribution in [1.29, 1.82) is 0 Å². The van der Waals surface area contributed by atoms with E-state index in [0.29, 0.717) is 38.4 Å². The molecule has 7 nitrogen and oxygen atoms in total. The number of rotatable bonds is 9. The molecule has 2 rings (SSSR count). The summed E-state index contributed by atoms with van der Waals surface area (Å²) in [6.45, 7) is 7.38. The van der Waals surface area contributed by atoms with Gasteiger partial charge in [-0.3, -0.25) is 9.59 Å². The van der Waals surface area contributed by atoms with Gasteiger partial charge in [0.25, 0.3) is 0 Å². The highest BCUT2D eigenvalue weighted by atomic mass is 16.2. The molecule has 0 atom stereocenters. The monoisotopic (exact) mass is 373 g/mol. The van der Waals surface area contributed by atoms with Crippen LogP contribution in [0.5, 0.6) is 0 Å². The molecule has 1 aromatic carbocycles. The van der Waals surface area contributed by atoms with E-state index < -0.39 is 0 Å². The van der Waals surface area contributed by atoms with Crippen LogP contribution < -0.4 is 20.9 Å². The Morgan fingerprint density at radius 1 is 1.11 bits per heavy atom. The Bertz CT molecular complexity index is 642. The number of hydrogen-bond donors (Lipinski definition) is 3. The fourth-order valence-electron chi connectivity index (χ4n) is 2.86. The summed E-state index contributed by atoms with van der Waals surface area (Å²) in [6.07, 6.45) is 2.93.